The Hall–Kier alpha value is -2.72. The van der Waals surface area contributed by atoms with Crippen LogP contribution in [0.25, 0.3) is 16.8 Å². The minimum Gasteiger partial charge on any atom is -0.454 e. The highest BCUT2D eigenvalue weighted by Crippen LogP contribution is 2.35. The molecule has 27 heavy (non-hydrogen) atoms. The summed E-state index contributed by atoms with van der Waals surface area (Å²) in [6, 6.07) is 13.0. The lowest BCUT2D eigenvalue weighted by Gasteiger charge is -2.03. The van der Waals surface area contributed by atoms with E-state index >= 15 is 0 Å². The lowest BCUT2D eigenvalue weighted by Crippen LogP contribution is -1.93. The number of aromatic nitrogens is 1. The Morgan fingerprint density at radius 2 is 2.00 bits per heavy atom. The van der Waals surface area contributed by atoms with Gasteiger partial charge in [0.25, 0.3) is 0 Å². The number of nitrogens with zero attached hydrogens (tertiary/aromatic N) is 2. The fraction of sp³-hybridized carbons (Fsp3) is 0.0526. The number of ether oxygens (including phenoxy) is 2. The first-order valence-corrected chi connectivity index (χ1v) is 9.45. The molecule has 134 valence electrons. The fourth-order valence-corrected chi connectivity index (χ4v) is 3.56. The van der Waals surface area contributed by atoms with Crippen LogP contribution in [0.3, 0.4) is 0 Å². The number of nitrogens with one attached hydrogen (secondary N) is 1. The zero-order valence-corrected chi connectivity index (χ0v) is 16.0. The largest absolute Gasteiger partial charge is 0.454 e. The lowest BCUT2D eigenvalue weighted by atomic mass is 10.2. The molecule has 3 aromatic rings. The summed E-state index contributed by atoms with van der Waals surface area (Å²) in [5, 5.41) is 16.0. The molecule has 5 nitrogen and oxygen atoms in total. The number of allylic oxidation sites excluding steroid dienone is 1. The predicted octanol–water partition coefficient (Wildman–Crippen LogP) is 5.82. The molecule has 0 aliphatic carbocycles. The van der Waals surface area contributed by atoms with E-state index in [2.05, 4.69) is 16.4 Å². The molecule has 8 heteroatoms. The number of rotatable bonds is 4. The normalized spacial score (nSPS) is 12.7. The number of halogens is 2. The minimum atomic E-state index is 0.217. The van der Waals surface area contributed by atoms with Gasteiger partial charge in [-0.3, -0.25) is 0 Å². The molecule has 1 aromatic heterocycles. The van der Waals surface area contributed by atoms with Crippen LogP contribution in [-0.4, -0.2) is 11.8 Å². The maximum absolute atomic E-state index is 9.50. The first kappa shape index (κ1) is 17.7. The highest BCUT2D eigenvalue weighted by molar-refractivity contribution is 7.11. The lowest BCUT2D eigenvalue weighted by molar-refractivity contribution is 0.174. The molecule has 0 amide bonds. The van der Waals surface area contributed by atoms with Gasteiger partial charge in [-0.05, 0) is 24.3 Å². The van der Waals surface area contributed by atoms with Crippen molar-refractivity contribution in [2.75, 3.05) is 12.1 Å². The van der Waals surface area contributed by atoms with Gasteiger partial charge in [-0.2, -0.15) is 5.26 Å². The topological polar surface area (TPSA) is 67.2 Å². The molecule has 4 rings (SSSR count). The number of hydrogen-bond donors (Lipinski definition) is 1. The van der Waals surface area contributed by atoms with E-state index in [-0.39, 0.29) is 6.79 Å². The standard InChI is InChI=1S/C19H11Cl2N3O2S/c20-14-3-1-11(5-15(14)21)16-9-27-19(24-16)12(7-22)8-23-13-2-4-17-18(6-13)26-10-25-17/h1-6,8-9,23H,10H2. The van der Waals surface area contributed by atoms with E-state index in [0.29, 0.717) is 32.1 Å². The summed E-state index contributed by atoms with van der Waals surface area (Å²) in [6.45, 7) is 0.217. The quantitative estimate of drug-likeness (QED) is 0.543. The number of anilines is 1. The van der Waals surface area contributed by atoms with Crippen LogP contribution < -0.4 is 14.8 Å². The second-order valence-electron chi connectivity index (χ2n) is 5.55. The summed E-state index contributed by atoms with van der Waals surface area (Å²) in [5.41, 5.74) is 2.78. The van der Waals surface area contributed by atoms with Crippen molar-refractivity contribution < 1.29 is 9.47 Å². The smallest absolute Gasteiger partial charge is 0.231 e. The van der Waals surface area contributed by atoms with Gasteiger partial charge in [0.05, 0.1) is 15.7 Å². The molecule has 1 N–H and O–H groups in total. The van der Waals surface area contributed by atoms with Crippen LogP contribution in [0.4, 0.5) is 5.69 Å². The molecular weight excluding hydrogens is 405 g/mol. The van der Waals surface area contributed by atoms with E-state index in [9.17, 15) is 5.26 Å². The van der Waals surface area contributed by atoms with Crippen LogP contribution in [-0.2, 0) is 0 Å². The predicted molar refractivity (Wildman–Crippen MR) is 107 cm³/mol. The van der Waals surface area contributed by atoms with Crippen molar-refractivity contribution in [1.29, 1.82) is 5.26 Å². The first-order valence-electron chi connectivity index (χ1n) is 7.82. The molecule has 1 aliphatic heterocycles. The Morgan fingerprint density at radius 3 is 2.81 bits per heavy atom. The van der Waals surface area contributed by atoms with E-state index in [1.54, 1.807) is 18.3 Å². The first-order chi connectivity index (χ1) is 13.1. The molecule has 0 atom stereocenters. The number of fused-ring (bicyclic) bond motifs is 1. The SMILES string of the molecule is N#CC(=CNc1ccc2c(c1)OCO2)c1nc(-c2ccc(Cl)c(Cl)c2)cs1. The van der Waals surface area contributed by atoms with E-state index in [1.165, 1.54) is 11.3 Å². The maximum atomic E-state index is 9.50. The molecule has 0 radical (unpaired) electrons. The van der Waals surface area contributed by atoms with Crippen molar-refractivity contribution in [2.45, 2.75) is 0 Å². The maximum Gasteiger partial charge on any atom is 0.231 e. The van der Waals surface area contributed by atoms with E-state index in [1.807, 2.05) is 29.6 Å². The van der Waals surface area contributed by atoms with E-state index < -0.39 is 0 Å². The summed E-state index contributed by atoms with van der Waals surface area (Å²) in [4.78, 5) is 4.53. The third-order valence-electron chi connectivity index (χ3n) is 3.83. The molecule has 0 bridgehead atoms. The van der Waals surface area contributed by atoms with E-state index in [0.717, 1.165) is 16.9 Å². The van der Waals surface area contributed by atoms with Crippen LogP contribution >= 0.6 is 34.5 Å². The third kappa shape index (κ3) is 3.71. The van der Waals surface area contributed by atoms with Crippen LogP contribution in [0, 0.1) is 11.3 Å². The Kier molecular flexibility index (Phi) is 4.90. The minimum absolute atomic E-state index is 0.217. The molecular formula is C19H11Cl2N3O2S. The van der Waals surface area contributed by atoms with Crippen molar-refractivity contribution in [3.8, 4) is 28.8 Å². The monoisotopic (exact) mass is 415 g/mol. The Morgan fingerprint density at radius 1 is 1.15 bits per heavy atom. The van der Waals surface area contributed by atoms with Gasteiger partial charge in [-0.15, -0.1) is 11.3 Å². The van der Waals surface area contributed by atoms with Gasteiger partial charge in [0.1, 0.15) is 16.6 Å². The number of hydrogen-bond acceptors (Lipinski definition) is 6. The van der Waals surface area contributed by atoms with Crippen molar-refractivity contribution >= 4 is 45.8 Å². The van der Waals surface area contributed by atoms with Crippen molar-refractivity contribution in [3.05, 3.63) is 63.0 Å². The van der Waals surface area contributed by atoms with Gasteiger partial charge < -0.3 is 14.8 Å². The molecule has 2 aromatic carbocycles. The second kappa shape index (κ2) is 7.49. The van der Waals surface area contributed by atoms with Crippen LogP contribution in [0.15, 0.2) is 48.0 Å². The number of benzene rings is 2. The molecule has 2 heterocycles. The van der Waals surface area contributed by atoms with Gasteiger partial charge in [0.2, 0.25) is 6.79 Å². The summed E-state index contributed by atoms with van der Waals surface area (Å²) < 4.78 is 10.6. The fourth-order valence-electron chi connectivity index (χ4n) is 2.47. The van der Waals surface area contributed by atoms with Crippen molar-refractivity contribution in [2.24, 2.45) is 0 Å². The van der Waals surface area contributed by atoms with Gasteiger partial charge in [0, 0.05) is 28.9 Å². The summed E-state index contributed by atoms with van der Waals surface area (Å²) in [5.74, 6) is 1.37. The Bertz CT molecular complexity index is 1090. The van der Waals surface area contributed by atoms with E-state index in [4.69, 9.17) is 32.7 Å². The number of nitriles is 1. The zero-order valence-electron chi connectivity index (χ0n) is 13.7. The average Bonchev–Trinajstić information content (AvgIpc) is 3.34. The van der Waals surface area contributed by atoms with Crippen molar-refractivity contribution in [3.63, 3.8) is 0 Å². The summed E-state index contributed by atoms with van der Waals surface area (Å²) in [7, 11) is 0. The van der Waals surface area contributed by atoms with Crippen LogP contribution in [0.5, 0.6) is 11.5 Å². The van der Waals surface area contributed by atoms with Gasteiger partial charge >= 0.3 is 0 Å². The Labute approximate surface area is 169 Å². The summed E-state index contributed by atoms with van der Waals surface area (Å²) in [6.07, 6.45) is 1.62. The molecule has 0 spiro atoms. The van der Waals surface area contributed by atoms with Crippen LogP contribution in [0.2, 0.25) is 10.0 Å². The average molecular weight is 416 g/mol. The molecule has 0 saturated carbocycles. The van der Waals surface area contributed by atoms with Crippen molar-refractivity contribution in [1.82, 2.24) is 4.98 Å². The van der Waals surface area contributed by atoms with Gasteiger partial charge in [-0.1, -0.05) is 29.3 Å². The highest BCUT2D eigenvalue weighted by atomic mass is 35.5. The third-order valence-corrected chi connectivity index (χ3v) is 5.44. The zero-order chi connectivity index (χ0) is 18.8. The van der Waals surface area contributed by atoms with Gasteiger partial charge in [-0.25, -0.2) is 4.98 Å². The Balaban J connectivity index is 1.56. The van der Waals surface area contributed by atoms with Gasteiger partial charge in [0.15, 0.2) is 11.5 Å². The van der Waals surface area contributed by atoms with Crippen LogP contribution in [0.1, 0.15) is 5.01 Å². The molecule has 0 fully saturated rings. The highest BCUT2D eigenvalue weighted by Gasteiger charge is 2.13. The molecule has 1 aliphatic rings. The number of thiazole rings is 1. The summed E-state index contributed by atoms with van der Waals surface area (Å²) >= 11 is 13.4. The second-order valence-corrected chi connectivity index (χ2v) is 7.22. The molecule has 0 saturated heterocycles. The molecule has 0 unspecified atom stereocenters.